The molecule has 0 radical (unpaired) electrons. The molecule has 0 spiro atoms. The molecule has 0 aliphatic carbocycles. The summed E-state index contributed by atoms with van der Waals surface area (Å²) in [6.07, 6.45) is 2.59. The monoisotopic (exact) mass is 258 g/mol. The molecule has 0 saturated carbocycles. The standard InChI is InChI=1S/C10H14N2O4S/c1-17-7-6-9(15)12(10(7)16)4-2-8(14)11-3-5-13/h5,7H,2-4,6H2,1H3,(H,11,14). The number of thioether (sulfide) groups is 1. The Balaban J connectivity index is 2.41. The molecule has 1 heterocycles. The highest BCUT2D eigenvalue weighted by molar-refractivity contribution is 8.00. The second kappa shape index (κ2) is 6.39. The Bertz CT molecular complexity index is 345. The molecular weight excluding hydrogens is 244 g/mol. The van der Waals surface area contributed by atoms with Crippen molar-refractivity contribution in [2.24, 2.45) is 0 Å². The molecule has 0 aromatic heterocycles. The molecule has 0 aromatic rings. The molecule has 94 valence electrons. The van der Waals surface area contributed by atoms with E-state index in [1.165, 1.54) is 11.8 Å². The largest absolute Gasteiger partial charge is 0.349 e. The van der Waals surface area contributed by atoms with Gasteiger partial charge in [0.25, 0.3) is 0 Å². The quantitative estimate of drug-likeness (QED) is 0.497. The van der Waals surface area contributed by atoms with Crippen LogP contribution in [0.3, 0.4) is 0 Å². The maximum atomic E-state index is 11.7. The second-order valence-corrected chi connectivity index (χ2v) is 4.57. The lowest BCUT2D eigenvalue weighted by atomic mass is 10.3. The molecular formula is C10H14N2O4S. The fraction of sp³-hybridized carbons (Fsp3) is 0.600. The SMILES string of the molecule is CSC1CC(=O)N(CCC(=O)NCC=O)C1=O. The third-order valence-electron chi connectivity index (χ3n) is 2.43. The number of nitrogens with zero attached hydrogens (tertiary/aromatic N) is 1. The van der Waals surface area contributed by atoms with Crippen LogP contribution in [0.5, 0.6) is 0 Å². The Morgan fingerprint density at radius 1 is 1.59 bits per heavy atom. The molecule has 3 amide bonds. The van der Waals surface area contributed by atoms with E-state index in [0.717, 1.165) is 4.90 Å². The van der Waals surface area contributed by atoms with Crippen LogP contribution < -0.4 is 5.32 Å². The van der Waals surface area contributed by atoms with Gasteiger partial charge in [0, 0.05) is 19.4 Å². The van der Waals surface area contributed by atoms with Gasteiger partial charge in [-0.1, -0.05) is 0 Å². The Morgan fingerprint density at radius 2 is 2.29 bits per heavy atom. The van der Waals surface area contributed by atoms with Crippen molar-refractivity contribution < 1.29 is 19.2 Å². The van der Waals surface area contributed by atoms with Crippen LogP contribution in [-0.4, -0.2) is 53.5 Å². The molecule has 1 aliphatic rings. The predicted octanol–water partition coefficient (Wildman–Crippen LogP) is -0.818. The lowest BCUT2D eigenvalue weighted by Crippen LogP contribution is -2.35. The van der Waals surface area contributed by atoms with Gasteiger partial charge in [-0.25, -0.2) is 0 Å². The van der Waals surface area contributed by atoms with Crippen LogP contribution >= 0.6 is 11.8 Å². The minimum Gasteiger partial charge on any atom is -0.349 e. The average molecular weight is 258 g/mol. The molecule has 6 nitrogen and oxygen atoms in total. The number of nitrogens with one attached hydrogen (secondary N) is 1. The Kier molecular flexibility index (Phi) is 5.14. The summed E-state index contributed by atoms with van der Waals surface area (Å²) in [5, 5.41) is 2.03. The second-order valence-electron chi connectivity index (χ2n) is 3.53. The molecule has 0 aromatic carbocycles. The predicted molar refractivity (Wildman–Crippen MR) is 62.3 cm³/mol. The first kappa shape index (κ1) is 13.7. The Labute approximate surface area is 103 Å². The first-order valence-corrected chi connectivity index (χ1v) is 6.46. The number of carbonyl (C=O) groups excluding carboxylic acids is 4. The number of imide groups is 1. The summed E-state index contributed by atoms with van der Waals surface area (Å²) in [5.74, 6) is -0.812. The fourth-order valence-electron chi connectivity index (χ4n) is 1.53. The van der Waals surface area contributed by atoms with Gasteiger partial charge in [-0.2, -0.15) is 11.8 Å². The van der Waals surface area contributed by atoms with Gasteiger partial charge >= 0.3 is 0 Å². The third kappa shape index (κ3) is 3.55. The van der Waals surface area contributed by atoms with E-state index in [9.17, 15) is 19.2 Å². The lowest BCUT2D eigenvalue weighted by molar-refractivity contribution is -0.138. The minimum absolute atomic E-state index is 0.0341. The molecule has 1 saturated heterocycles. The van der Waals surface area contributed by atoms with Gasteiger partial charge in [0.15, 0.2) is 0 Å². The van der Waals surface area contributed by atoms with Crippen molar-refractivity contribution in [2.75, 3.05) is 19.3 Å². The summed E-state index contributed by atoms with van der Waals surface area (Å²) in [5.41, 5.74) is 0. The van der Waals surface area contributed by atoms with Gasteiger partial charge in [0.1, 0.15) is 6.29 Å². The highest BCUT2D eigenvalue weighted by Gasteiger charge is 2.37. The van der Waals surface area contributed by atoms with Crippen LogP contribution in [0.25, 0.3) is 0 Å². The maximum absolute atomic E-state index is 11.7. The van der Waals surface area contributed by atoms with E-state index in [1.54, 1.807) is 6.26 Å². The van der Waals surface area contributed by atoms with Gasteiger partial charge < -0.3 is 10.1 Å². The van der Waals surface area contributed by atoms with Gasteiger partial charge in [-0.05, 0) is 6.26 Å². The molecule has 0 bridgehead atoms. The summed E-state index contributed by atoms with van der Waals surface area (Å²) >= 11 is 1.34. The number of rotatable bonds is 6. The number of aldehydes is 1. The van der Waals surface area contributed by atoms with Gasteiger partial charge in [0.2, 0.25) is 17.7 Å². The lowest BCUT2D eigenvalue weighted by Gasteiger charge is -2.13. The summed E-state index contributed by atoms with van der Waals surface area (Å²) in [7, 11) is 0. The summed E-state index contributed by atoms with van der Waals surface area (Å²) in [6.45, 7) is 0.0353. The zero-order valence-corrected chi connectivity index (χ0v) is 10.3. The summed E-state index contributed by atoms with van der Waals surface area (Å²) in [6, 6.07) is 0. The molecule has 1 aliphatic heterocycles. The molecule has 1 N–H and O–H groups in total. The molecule has 1 unspecified atom stereocenters. The zero-order valence-electron chi connectivity index (χ0n) is 9.47. The van der Waals surface area contributed by atoms with E-state index in [1.807, 2.05) is 0 Å². The first-order valence-electron chi connectivity index (χ1n) is 5.17. The van der Waals surface area contributed by atoms with Crippen LogP contribution in [0.4, 0.5) is 0 Å². The molecule has 7 heteroatoms. The highest BCUT2D eigenvalue weighted by atomic mass is 32.2. The summed E-state index contributed by atoms with van der Waals surface area (Å²) < 4.78 is 0. The highest BCUT2D eigenvalue weighted by Crippen LogP contribution is 2.22. The normalized spacial score (nSPS) is 19.6. The maximum Gasteiger partial charge on any atom is 0.242 e. The van der Waals surface area contributed by atoms with E-state index < -0.39 is 0 Å². The van der Waals surface area contributed by atoms with E-state index in [0.29, 0.717) is 6.29 Å². The minimum atomic E-state index is -0.342. The van der Waals surface area contributed by atoms with Gasteiger partial charge in [-0.15, -0.1) is 0 Å². The van der Waals surface area contributed by atoms with Crippen LogP contribution in [0, 0.1) is 0 Å². The van der Waals surface area contributed by atoms with Crippen molar-refractivity contribution in [3.63, 3.8) is 0 Å². The van der Waals surface area contributed by atoms with Crippen LogP contribution in [0.15, 0.2) is 0 Å². The molecule has 1 rings (SSSR count). The van der Waals surface area contributed by atoms with Gasteiger partial charge in [-0.3, -0.25) is 19.3 Å². The molecule has 1 fully saturated rings. The number of likely N-dealkylation sites (tertiary alicyclic amines) is 1. The number of hydrogen-bond donors (Lipinski definition) is 1. The Morgan fingerprint density at radius 3 is 2.82 bits per heavy atom. The fourth-order valence-corrected chi connectivity index (χ4v) is 2.17. The van der Waals surface area contributed by atoms with E-state index in [2.05, 4.69) is 5.32 Å². The van der Waals surface area contributed by atoms with Crippen molar-refractivity contribution in [2.45, 2.75) is 18.1 Å². The smallest absolute Gasteiger partial charge is 0.242 e. The number of carbonyl (C=O) groups is 4. The van der Waals surface area contributed by atoms with E-state index >= 15 is 0 Å². The van der Waals surface area contributed by atoms with Crippen molar-refractivity contribution >= 4 is 35.8 Å². The molecule has 17 heavy (non-hydrogen) atoms. The number of amides is 3. The zero-order chi connectivity index (χ0) is 12.8. The van der Waals surface area contributed by atoms with Crippen LogP contribution in [-0.2, 0) is 19.2 Å². The number of hydrogen-bond acceptors (Lipinski definition) is 5. The van der Waals surface area contributed by atoms with Crippen LogP contribution in [0.1, 0.15) is 12.8 Å². The van der Waals surface area contributed by atoms with Crippen LogP contribution in [0.2, 0.25) is 0 Å². The Hall–Kier alpha value is -1.37. The van der Waals surface area contributed by atoms with Crippen molar-refractivity contribution in [1.82, 2.24) is 10.2 Å². The first-order chi connectivity index (χ1) is 8.10. The van der Waals surface area contributed by atoms with Crippen molar-refractivity contribution in [1.29, 1.82) is 0 Å². The van der Waals surface area contributed by atoms with Gasteiger partial charge in [0.05, 0.1) is 11.8 Å². The average Bonchev–Trinajstić information content (AvgIpc) is 2.59. The van der Waals surface area contributed by atoms with E-state index in [4.69, 9.17) is 0 Å². The van der Waals surface area contributed by atoms with Crippen molar-refractivity contribution in [3.05, 3.63) is 0 Å². The summed E-state index contributed by atoms with van der Waals surface area (Å²) in [4.78, 5) is 45.5. The van der Waals surface area contributed by atoms with E-state index in [-0.39, 0.29) is 48.9 Å². The third-order valence-corrected chi connectivity index (χ3v) is 3.37. The molecule has 1 atom stereocenters. The van der Waals surface area contributed by atoms with Crippen molar-refractivity contribution in [3.8, 4) is 0 Å². The topological polar surface area (TPSA) is 83.6 Å².